The van der Waals surface area contributed by atoms with Crippen molar-refractivity contribution in [1.82, 2.24) is 9.38 Å². The molecule has 0 saturated carbocycles. The number of aliphatic hydroxyl groups is 1. The second-order valence-electron chi connectivity index (χ2n) is 9.89. The number of nitriles is 1. The van der Waals surface area contributed by atoms with Crippen LogP contribution in [0.1, 0.15) is 49.3 Å². The fourth-order valence-corrected chi connectivity index (χ4v) is 5.44. The van der Waals surface area contributed by atoms with E-state index < -0.39 is 0 Å². The minimum Gasteiger partial charge on any atom is -0.396 e. The lowest BCUT2D eigenvalue weighted by Gasteiger charge is -2.40. The molecule has 0 bridgehead atoms. The van der Waals surface area contributed by atoms with Crippen LogP contribution in [0.15, 0.2) is 24.3 Å². The fourth-order valence-electron chi connectivity index (χ4n) is 5.44. The van der Waals surface area contributed by atoms with Gasteiger partial charge >= 0.3 is 0 Å². The van der Waals surface area contributed by atoms with Crippen LogP contribution in [0.3, 0.4) is 0 Å². The summed E-state index contributed by atoms with van der Waals surface area (Å²) in [4.78, 5) is 7.38. The first-order valence-electron chi connectivity index (χ1n) is 11.8. The number of ether oxygens (including phenoxy) is 1. The van der Waals surface area contributed by atoms with Crippen LogP contribution in [-0.2, 0) is 11.2 Å². The number of anilines is 1. The molecule has 0 spiro atoms. The van der Waals surface area contributed by atoms with Crippen LogP contribution in [0.5, 0.6) is 0 Å². The highest BCUT2D eigenvalue weighted by Crippen LogP contribution is 2.38. The van der Waals surface area contributed by atoms with Crippen molar-refractivity contribution in [3.8, 4) is 6.07 Å². The van der Waals surface area contributed by atoms with E-state index in [0.717, 1.165) is 86.5 Å². The van der Waals surface area contributed by atoms with Gasteiger partial charge in [0.1, 0.15) is 11.9 Å². The summed E-state index contributed by atoms with van der Waals surface area (Å²) in [6.07, 6.45) is 4.88. The number of halogens is 1. The zero-order valence-corrected chi connectivity index (χ0v) is 20.3. The number of hydrogen-bond donors (Lipinski definition) is 1. The van der Waals surface area contributed by atoms with Crippen molar-refractivity contribution in [3.05, 3.63) is 41.0 Å². The molecule has 2 aliphatic rings. The maximum atomic E-state index is 10.2. The number of aromatic nitrogens is 2. The van der Waals surface area contributed by atoms with E-state index in [2.05, 4.69) is 35.3 Å². The van der Waals surface area contributed by atoms with E-state index in [1.165, 1.54) is 5.56 Å². The van der Waals surface area contributed by atoms with Crippen LogP contribution in [-0.4, -0.2) is 47.4 Å². The van der Waals surface area contributed by atoms with Gasteiger partial charge in [-0.25, -0.2) is 4.98 Å². The fraction of sp³-hybridized carbons (Fsp3) is 0.538. The molecular formula is C26H33ClN4O2. The topological polar surface area (TPSA) is 73.8 Å². The van der Waals surface area contributed by atoms with E-state index >= 15 is 0 Å². The van der Waals surface area contributed by atoms with Gasteiger partial charge in [0.15, 0.2) is 5.65 Å². The van der Waals surface area contributed by atoms with Crippen LogP contribution >= 0.6 is 12.4 Å². The monoisotopic (exact) mass is 468 g/mol. The van der Waals surface area contributed by atoms with Crippen LogP contribution in [0.4, 0.5) is 5.82 Å². The van der Waals surface area contributed by atoms with Gasteiger partial charge in [-0.1, -0.05) is 19.1 Å². The Hall–Kier alpha value is -2.33. The van der Waals surface area contributed by atoms with Crippen molar-refractivity contribution in [3.63, 3.8) is 0 Å². The Balaban J connectivity index is 0.00000259. The quantitative estimate of drug-likeness (QED) is 0.602. The van der Waals surface area contributed by atoms with Gasteiger partial charge in [-0.3, -0.25) is 4.40 Å². The lowest BCUT2D eigenvalue weighted by molar-refractivity contribution is 0.0665. The predicted octanol–water partition coefficient (Wildman–Crippen LogP) is 4.66. The predicted molar refractivity (Wildman–Crippen MR) is 133 cm³/mol. The molecule has 1 N–H and O–H groups in total. The molecule has 33 heavy (non-hydrogen) atoms. The van der Waals surface area contributed by atoms with E-state index in [1.54, 1.807) is 0 Å². The highest BCUT2D eigenvalue weighted by Gasteiger charge is 2.32. The Morgan fingerprint density at radius 1 is 1.21 bits per heavy atom. The maximum Gasteiger partial charge on any atom is 0.157 e. The average Bonchev–Trinajstić information content (AvgIpc) is 3.20. The van der Waals surface area contributed by atoms with Crippen molar-refractivity contribution in [1.29, 1.82) is 5.26 Å². The molecule has 7 heteroatoms. The van der Waals surface area contributed by atoms with Crippen LogP contribution in [0.25, 0.3) is 16.7 Å². The Kier molecular flexibility index (Phi) is 6.86. The molecule has 2 saturated heterocycles. The summed E-state index contributed by atoms with van der Waals surface area (Å²) >= 11 is 0. The van der Waals surface area contributed by atoms with Crippen LogP contribution < -0.4 is 4.90 Å². The third kappa shape index (κ3) is 4.19. The Labute approximate surface area is 201 Å². The molecule has 3 aromatic rings. The van der Waals surface area contributed by atoms with Gasteiger partial charge in [0, 0.05) is 32.9 Å². The number of rotatable bonds is 4. The molecule has 1 aromatic carbocycles. The standard InChI is InChI=1S/C26H32N4O2.ClH/c1-18-20(15-19-7-13-32-14-8-19)21(16-27)24-28-22-5-3-4-6-23(22)30(24)25(18)29-11-9-26(2,17-31)10-12-29;/h3-6,19,31H,7-15,17H2,1-2H3;1H. The second kappa shape index (κ2) is 9.50. The highest BCUT2D eigenvalue weighted by molar-refractivity contribution is 5.86. The van der Waals surface area contributed by atoms with Crippen molar-refractivity contribution in [2.24, 2.45) is 11.3 Å². The molecule has 2 aliphatic heterocycles. The van der Waals surface area contributed by atoms with Crippen LogP contribution in [0.2, 0.25) is 0 Å². The number of benzene rings is 1. The molecular weight excluding hydrogens is 436 g/mol. The van der Waals surface area contributed by atoms with E-state index in [9.17, 15) is 10.4 Å². The van der Waals surface area contributed by atoms with E-state index in [4.69, 9.17) is 9.72 Å². The largest absolute Gasteiger partial charge is 0.396 e. The molecule has 5 rings (SSSR count). The van der Waals surface area contributed by atoms with Crippen LogP contribution in [0, 0.1) is 29.6 Å². The number of pyridine rings is 1. The van der Waals surface area contributed by atoms with Crippen molar-refractivity contribution in [2.45, 2.75) is 46.0 Å². The first-order valence-corrected chi connectivity index (χ1v) is 11.8. The van der Waals surface area contributed by atoms with Gasteiger partial charge in [-0.2, -0.15) is 5.26 Å². The molecule has 2 fully saturated rings. The lowest BCUT2D eigenvalue weighted by Crippen LogP contribution is -2.41. The summed E-state index contributed by atoms with van der Waals surface area (Å²) in [7, 11) is 0. The number of hydrogen-bond acceptors (Lipinski definition) is 5. The number of imidazole rings is 1. The van der Waals surface area contributed by atoms with Crippen molar-refractivity contribution < 1.29 is 9.84 Å². The number of fused-ring (bicyclic) bond motifs is 3. The van der Waals surface area contributed by atoms with E-state index in [0.29, 0.717) is 11.5 Å². The Morgan fingerprint density at radius 2 is 1.91 bits per heavy atom. The third-order valence-corrected chi connectivity index (χ3v) is 7.68. The smallest absolute Gasteiger partial charge is 0.157 e. The molecule has 176 valence electrons. The molecule has 4 heterocycles. The summed E-state index contributed by atoms with van der Waals surface area (Å²) in [6, 6.07) is 10.7. The summed E-state index contributed by atoms with van der Waals surface area (Å²) < 4.78 is 7.78. The zero-order chi connectivity index (χ0) is 22.3. The van der Waals surface area contributed by atoms with Gasteiger partial charge < -0.3 is 14.7 Å². The Morgan fingerprint density at radius 3 is 2.58 bits per heavy atom. The molecule has 0 atom stereocenters. The Bertz CT molecular complexity index is 1180. The zero-order valence-electron chi connectivity index (χ0n) is 19.5. The van der Waals surface area contributed by atoms with Gasteiger partial charge in [0.05, 0.1) is 16.6 Å². The SMILES string of the molecule is Cc1c(CC2CCOCC2)c(C#N)c2nc3ccccc3n2c1N1CCC(C)(CO)CC1.Cl. The molecule has 0 aliphatic carbocycles. The average molecular weight is 469 g/mol. The second-order valence-corrected chi connectivity index (χ2v) is 9.89. The minimum absolute atomic E-state index is 0. The number of para-hydroxylation sites is 2. The van der Waals surface area contributed by atoms with E-state index in [1.807, 2.05) is 18.2 Å². The summed E-state index contributed by atoms with van der Waals surface area (Å²) in [5.74, 6) is 1.70. The number of aliphatic hydroxyl groups excluding tert-OH is 1. The number of nitrogens with zero attached hydrogens (tertiary/aromatic N) is 4. The third-order valence-electron chi connectivity index (χ3n) is 7.68. The summed E-state index contributed by atoms with van der Waals surface area (Å²) in [5.41, 5.74) is 5.77. The van der Waals surface area contributed by atoms with E-state index in [-0.39, 0.29) is 24.4 Å². The maximum absolute atomic E-state index is 10.2. The van der Waals surface area contributed by atoms with Gasteiger partial charge in [0.25, 0.3) is 0 Å². The van der Waals surface area contributed by atoms with Crippen molar-refractivity contribution >= 4 is 34.9 Å². The number of piperidine rings is 1. The van der Waals surface area contributed by atoms with Gasteiger partial charge in [0.2, 0.25) is 0 Å². The summed E-state index contributed by atoms with van der Waals surface area (Å²) in [6.45, 7) is 7.98. The molecule has 0 radical (unpaired) electrons. The van der Waals surface area contributed by atoms with Crippen molar-refractivity contribution in [2.75, 3.05) is 37.8 Å². The summed E-state index contributed by atoms with van der Waals surface area (Å²) in [5, 5.41) is 20.1. The molecule has 6 nitrogen and oxygen atoms in total. The minimum atomic E-state index is -0.0158. The first-order chi connectivity index (χ1) is 15.5. The molecule has 2 aromatic heterocycles. The highest BCUT2D eigenvalue weighted by atomic mass is 35.5. The first kappa shape index (κ1) is 23.8. The lowest BCUT2D eigenvalue weighted by atomic mass is 9.81. The van der Waals surface area contributed by atoms with Gasteiger partial charge in [-0.15, -0.1) is 12.4 Å². The van der Waals surface area contributed by atoms with Gasteiger partial charge in [-0.05, 0) is 73.6 Å². The normalized spacial score (nSPS) is 18.9. The molecule has 0 amide bonds. The molecule has 0 unspecified atom stereocenters.